The predicted molar refractivity (Wildman–Crippen MR) is 129 cm³/mol. The van der Waals surface area contributed by atoms with Crippen LogP contribution in [0.2, 0.25) is 5.02 Å². The van der Waals surface area contributed by atoms with Gasteiger partial charge in [0.05, 0.1) is 22.2 Å². The number of rotatable bonds is 6. The Labute approximate surface area is 199 Å². The number of benzene rings is 2. The molecule has 1 atom stereocenters. The summed E-state index contributed by atoms with van der Waals surface area (Å²) in [6.45, 7) is 3.52. The van der Waals surface area contributed by atoms with Crippen molar-refractivity contribution in [1.82, 2.24) is 4.31 Å². The number of halogens is 1. The Hall–Kier alpha value is -2.42. The molecule has 0 saturated heterocycles. The Morgan fingerprint density at radius 1 is 1.18 bits per heavy atom. The van der Waals surface area contributed by atoms with E-state index in [4.69, 9.17) is 11.6 Å². The van der Waals surface area contributed by atoms with Crippen LogP contribution < -0.4 is 10.2 Å². The molecule has 9 heteroatoms. The molecule has 0 radical (unpaired) electrons. The van der Waals surface area contributed by atoms with Gasteiger partial charge in [0.25, 0.3) is 0 Å². The van der Waals surface area contributed by atoms with Crippen LogP contribution >= 0.6 is 11.6 Å². The molecule has 1 saturated carbocycles. The van der Waals surface area contributed by atoms with Crippen molar-refractivity contribution in [2.75, 3.05) is 23.8 Å². The third-order valence-corrected chi connectivity index (χ3v) is 8.54. The van der Waals surface area contributed by atoms with Crippen LogP contribution in [0.5, 0.6) is 0 Å². The van der Waals surface area contributed by atoms with E-state index in [1.54, 1.807) is 24.3 Å². The maximum Gasteiger partial charge on any atom is 0.243 e. The Balaban J connectivity index is 1.48. The summed E-state index contributed by atoms with van der Waals surface area (Å²) >= 11 is 6.15. The van der Waals surface area contributed by atoms with Gasteiger partial charge in [-0.05, 0) is 74.6 Å². The molecule has 2 aromatic carbocycles. The third kappa shape index (κ3) is 4.65. The fourth-order valence-corrected chi connectivity index (χ4v) is 5.79. The number of carbonyl (C=O) groups is 2. The standard InChI is InChI=1S/C24H28ClN3O4S/c1-15-7-9-21(20(25)11-15)26-23(29)14-27(3)33(31,32)19-8-10-22-18(13-19)12-16(2)28(22)24(30)17-5-4-6-17/h7-11,13,16-17H,4-6,12,14H2,1-3H3,(H,26,29)/t16-/m0/s1. The highest BCUT2D eigenvalue weighted by Gasteiger charge is 2.37. The summed E-state index contributed by atoms with van der Waals surface area (Å²) in [5, 5.41) is 3.05. The van der Waals surface area contributed by atoms with E-state index in [-0.39, 0.29) is 29.3 Å². The zero-order chi connectivity index (χ0) is 23.9. The van der Waals surface area contributed by atoms with Crippen LogP contribution in [-0.2, 0) is 26.0 Å². The average molecular weight is 490 g/mol. The van der Waals surface area contributed by atoms with E-state index in [0.717, 1.165) is 40.4 Å². The molecule has 1 N–H and O–H groups in total. The first-order chi connectivity index (χ1) is 15.6. The zero-order valence-electron chi connectivity index (χ0n) is 19.0. The number of carbonyl (C=O) groups excluding carboxylic acids is 2. The van der Waals surface area contributed by atoms with Gasteiger partial charge in [-0.1, -0.05) is 24.1 Å². The number of anilines is 2. The van der Waals surface area contributed by atoms with Crippen molar-refractivity contribution in [2.45, 2.75) is 50.5 Å². The van der Waals surface area contributed by atoms with Crippen molar-refractivity contribution in [2.24, 2.45) is 5.92 Å². The van der Waals surface area contributed by atoms with Crippen LogP contribution in [0.25, 0.3) is 0 Å². The molecular weight excluding hydrogens is 462 g/mol. The van der Waals surface area contributed by atoms with Crippen LogP contribution in [0.15, 0.2) is 41.3 Å². The van der Waals surface area contributed by atoms with Crippen LogP contribution in [0.4, 0.5) is 11.4 Å². The van der Waals surface area contributed by atoms with E-state index in [0.29, 0.717) is 17.1 Å². The summed E-state index contributed by atoms with van der Waals surface area (Å²) in [5.74, 6) is -0.279. The molecule has 2 aliphatic rings. The minimum absolute atomic E-state index is 0.00572. The first kappa shape index (κ1) is 23.7. The summed E-state index contributed by atoms with van der Waals surface area (Å²) in [4.78, 5) is 27.2. The fraction of sp³-hybridized carbons (Fsp3) is 0.417. The van der Waals surface area contributed by atoms with Crippen molar-refractivity contribution in [3.63, 3.8) is 0 Å². The Bertz CT molecular complexity index is 1210. The largest absolute Gasteiger partial charge is 0.324 e. The molecule has 1 aliphatic carbocycles. The van der Waals surface area contributed by atoms with Gasteiger partial charge in [-0.3, -0.25) is 9.59 Å². The van der Waals surface area contributed by atoms with Gasteiger partial charge in [-0.25, -0.2) is 8.42 Å². The number of fused-ring (bicyclic) bond motifs is 1. The van der Waals surface area contributed by atoms with E-state index in [9.17, 15) is 18.0 Å². The molecule has 1 aliphatic heterocycles. The van der Waals surface area contributed by atoms with Crippen LogP contribution in [0.3, 0.4) is 0 Å². The molecule has 176 valence electrons. The molecule has 33 heavy (non-hydrogen) atoms. The minimum atomic E-state index is -3.89. The summed E-state index contributed by atoms with van der Waals surface area (Å²) in [7, 11) is -2.52. The van der Waals surface area contributed by atoms with E-state index >= 15 is 0 Å². The highest BCUT2D eigenvalue weighted by atomic mass is 35.5. The lowest BCUT2D eigenvalue weighted by Gasteiger charge is -2.32. The SMILES string of the molecule is Cc1ccc(NC(=O)CN(C)S(=O)(=O)c2ccc3c(c2)C[C@H](C)N3C(=O)C2CCC2)c(Cl)c1. The summed E-state index contributed by atoms with van der Waals surface area (Å²) in [6.07, 6.45) is 3.53. The second-order valence-electron chi connectivity index (χ2n) is 8.97. The maximum atomic E-state index is 13.1. The summed E-state index contributed by atoms with van der Waals surface area (Å²) in [5.41, 5.74) is 3.01. The maximum absolute atomic E-state index is 13.1. The molecule has 0 spiro atoms. The topological polar surface area (TPSA) is 86.8 Å². The normalized spacial score (nSPS) is 18.2. The van der Waals surface area contributed by atoms with Crippen molar-refractivity contribution in [3.8, 4) is 0 Å². The molecule has 2 amide bonds. The second kappa shape index (κ2) is 9.08. The Morgan fingerprint density at radius 2 is 1.91 bits per heavy atom. The number of amides is 2. The van der Waals surface area contributed by atoms with Gasteiger partial charge in [0.2, 0.25) is 21.8 Å². The molecule has 1 fully saturated rings. The van der Waals surface area contributed by atoms with E-state index in [1.807, 2.05) is 24.8 Å². The predicted octanol–water partition coefficient (Wildman–Crippen LogP) is 3.99. The minimum Gasteiger partial charge on any atom is -0.324 e. The zero-order valence-corrected chi connectivity index (χ0v) is 20.5. The highest BCUT2D eigenvalue weighted by molar-refractivity contribution is 7.89. The first-order valence-electron chi connectivity index (χ1n) is 11.1. The van der Waals surface area contributed by atoms with Crippen LogP contribution in [0.1, 0.15) is 37.3 Å². The number of hydrogen-bond donors (Lipinski definition) is 1. The number of aryl methyl sites for hydroxylation is 1. The third-order valence-electron chi connectivity index (χ3n) is 6.43. The molecule has 0 aromatic heterocycles. The Kier molecular flexibility index (Phi) is 6.53. The molecular formula is C24H28ClN3O4S. The van der Waals surface area contributed by atoms with E-state index < -0.39 is 15.9 Å². The van der Waals surface area contributed by atoms with Gasteiger partial charge in [0.15, 0.2) is 0 Å². The molecule has 2 aromatic rings. The second-order valence-corrected chi connectivity index (χ2v) is 11.4. The first-order valence-corrected chi connectivity index (χ1v) is 12.9. The van der Waals surface area contributed by atoms with Gasteiger partial charge in [0.1, 0.15) is 0 Å². The van der Waals surface area contributed by atoms with Gasteiger partial charge in [-0.2, -0.15) is 4.31 Å². The van der Waals surface area contributed by atoms with E-state index in [2.05, 4.69) is 5.32 Å². The number of nitrogens with zero attached hydrogens (tertiary/aromatic N) is 2. The number of hydrogen-bond acceptors (Lipinski definition) is 4. The van der Waals surface area contributed by atoms with Crippen molar-refractivity contribution >= 4 is 44.8 Å². The summed E-state index contributed by atoms with van der Waals surface area (Å²) < 4.78 is 27.3. The molecule has 0 unspecified atom stereocenters. The van der Waals surface area contributed by atoms with Gasteiger partial charge in [-0.15, -0.1) is 0 Å². The summed E-state index contributed by atoms with van der Waals surface area (Å²) in [6, 6.07) is 10.1. The van der Waals surface area contributed by atoms with E-state index in [1.165, 1.54) is 13.1 Å². The van der Waals surface area contributed by atoms with Gasteiger partial charge >= 0.3 is 0 Å². The van der Waals surface area contributed by atoms with Crippen molar-refractivity contribution in [3.05, 3.63) is 52.5 Å². The Morgan fingerprint density at radius 3 is 2.55 bits per heavy atom. The number of likely N-dealkylation sites (N-methyl/N-ethyl adjacent to an activating group) is 1. The smallest absolute Gasteiger partial charge is 0.243 e. The molecule has 0 bridgehead atoms. The number of sulfonamides is 1. The lowest BCUT2D eigenvalue weighted by molar-refractivity contribution is -0.125. The lowest BCUT2D eigenvalue weighted by atomic mass is 9.84. The van der Waals surface area contributed by atoms with Gasteiger partial charge in [0, 0.05) is 24.7 Å². The molecule has 7 nitrogen and oxygen atoms in total. The quantitative estimate of drug-likeness (QED) is 0.664. The van der Waals surface area contributed by atoms with Gasteiger partial charge < -0.3 is 10.2 Å². The van der Waals surface area contributed by atoms with Crippen molar-refractivity contribution in [1.29, 1.82) is 0 Å². The number of nitrogens with one attached hydrogen (secondary N) is 1. The fourth-order valence-electron chi connectivity index (χ4n) is 4.33. The highest BCUT2D eigenvalue weighted by Crippen LogP contribution is 2.38. The molecule has 4 rings (SSSR count). The van der Waals surface area contributed by atoms with Crippen LogP contribution in [0, 0.1) is 12.8 Å². The monoisotopic (exact) mass is 489 g/mol. The lowest BCUT2D eigenvalue weighted by Crippen LogP contribution is -2.42. The average Bonchev–Trinajstić information content (AvgIpc) is 3.03. The molecule has 1 heterocycles. The van der Waals surface area contributed by atoms with Crippen molar-refractivity contribution < 1.29 is 18.0 Å². The van der Waals surface area contributed by atoms with Crippen LogP contribution in [-0.4, -0.2) is 44.2 Å².